The van der Waals surface area contributed by atoms with Gasteiger partial charge in [0.2, 0.25) is 5.43 Å². The quantitative estimate of drug-likeness (QED) is 0.563. The van der Waals surface area contributed by atoms with Crippen molar-refractivity contribution in [3.63, 3.8) is 0 Å². The molecule has 3 aromatic rings. The number of aromatic nitrogens is 2. The van der Waals surface area contributed by atoms with Crippen molar-refractivity contribution in [1.82, 2.24) is 9.55 Å². The molecule has 0 bridgehead atoms. The topological polar surface area (TPSA) is 109 Å². The van der Waals surface area contributed by atoms with Gasteiger partial charge in [-0.3, -0.25) is 9.59 Å². The Kier molecular flexibility index (Phi) is 6.77. The van der Waals surface area contributed by atoms with Crippen LogP contribution in [0.4, 0.5) is 5.69 Å². The number of amides is 1. The second-order valence-corrected chi connectivity index (χ2v) is 6.93. The first-order valence-electron chi connectivity index (χ1n) is 10.1. The lowest BCUT2D eigenvalue weighted by atomic mass is 10.1. The number of hydrogen-bond acceptors (Lipinski definition) is 7. The second kappa shape index (κ2) is 9.51. The van der Waals surface area contributed by atoms with Crippen LogP contribution in [0.1, 0.15) is 40.1 Å². The molecule has 0 saturated carbocycles. The summed E-state index contributed by atoms with van der Waals surface area (Å²) in [5.41, 5.74) is 1.20. The standard InChI is InChI=1S/C23H25N3O6/c1-6-26-12-17(23(29)32-7-2)20(27)16-10-15(11-24-21(16)26)25-22(28)14-8-18(30-4)13(3)19(9-14)31-5/h8-12H,6-7H2,1-5H3,(H,25,28). The third-order valence-corrected chi connectivity index (χ3v) is 5.02. The monoisotopic (exact) mass is 439 g/mol. The highest BCUT2D eigenvalue weighted by molar-refractivity contribution is 6.05. The van der Waals surface area contributed by atoms with Gasteiger partial charge in [0.25, 0.3) is 5.91 Å². The molecule has 1 N–H and O–H groups in total. The summed E-state index contributed by atoms with van der Waals surface area (Å²) in [5.74, 6) is -0.109. The van der Waals surface area contributed by atoms with E-state index < -0.39 is 17.3 Å². The SMILES string of the molecule is CCOC(=O)c1cn(CC)c2ncc(NC(=O)c3cc(OC)c(C)c(OC)c3)cc2c1=O. The number of nitrogens with one attached hydrogen (secondary N) is 1. The summed E-state index contributed by atoms with van der Waals surface area (Å²) >= 11 is 0. The second-order valence-electron chi connectivity index (χ2n) is 6.93. The molecule has 9 nitrogen and oxygen atoms in total. The normalized spacial score (nSPS) is 10.7. The summed E-state index contributed by atoms with van der Waals surface area (Å²) in [5, 5.41) is 2.94. The number of methoxy groups -OCH3 is 2. The van der Waals surface area contributed by atoms with Crippen molar-refractivity contribution in [2.24, 2.45) is 0 Å². The molecular formula is C23H25N3O6. The maximum Gasteiger partial charge on any atom is 0.343 e. The number of anilines is 1. The van der Waals surface area contributed by atoms with Gasteiger partial charge in [0, 0.05) is 23.9 Å². The van der Waals surface area contributed by atoms with E-state index in [2.05, 4.69) is 10.3 Å². The lowest BCUT2D eigenvalue weighted by Gasteiger charge is -2.14. The first-order chi connectivity index (χ1) is 15.3. The summed E-state index contributed by atoms with van der Waals surface area (Å²) in [6.45, 7) is 6.01. The number of nitrogens with zero attached hydrogens (tertiary/aromatic N) is 2. The van der Waals surface area contributed by atoms with E-state index in [-0.39, 0.29) is 17.6 Å². The lowest BCUT2D eigenvalue weighted by Crippen LogP contribution is -2.21. The highest BCUT2D eigenvalue weighted by atomic mass is 16.5. The van der Waals surface area contributed by atoms with E-state index in [1.54, 1.807) is 23.6 Å². The maximum atomic E-state index is 12.9. The molecule has 1 amide bonds. The van der Waals surface area contributed by atoms with Crippen LogP contribution < -0.4 is 20.2 Å². The third-order valence-electron chi connectivity index (χ3n) is 5.02. The molecule has 0 spiro atoms. The Bertz CT molecular complexity index is 1220. The van der Waals surface area contributed by atoms with Crippen LogP contribution >= 0.6 is 0 Å². The number of hydrogen-bond donors (Lipinski definition) is 1. The van der Waals surface area contributed by atoms with E-state index in [0.717, 1.165) is 5.56 Å². The average molecular weight is 439 g/mol. The van der Waals surface area contributed by atoms with Gasteiger partial charge in [-0.2, -0.15) is 0 Å². The number of ether oxygens (including phenoxy) is 3. The molecule has 9 heteroatoms. The van der Waals surface area contributed by atoms with Crippen LogP contribution in [0.2, 0.25) is 0 Å². The number of aryl methyl sites for hydroxylation is 1. The van der Waals surface area contributed by atoms with Crippen LogP contribution in [-0.4, -0.2) is 42.3 Å². The predicted molar refractivity (Wildman–Crippen MR) is 120 cm³/mol. The van der Waals surface area contributed by atoms with Crippen LogP contribution in [0.15, 0.2) is 35.4 Å². The van der Waals surface area contributed by atoms with Crippen LogP contribution in [0.3, 0.4) is 0 Å². The van der Waals surface area contributed by atoms with Gasteiger partial charge < -0.3 is 24.1 Å². The molecule has 0 aliphatic rings. The minimum Gasteiger partial charge on any atom is -0.496 e. The Morgan fingerprint density at radius 2 is 1.75 bits per heavy atom. The predicted octanol–water partition coefficient (Wildman–Crippen LogP) is 3.17. The van der Waals surface area contributed by atoms with Crippen molar-refractivity contribution >= 4 is 28.6 Å². The highest BCUT2D eigenvalue weighted by Gasteiger charge is 2.18. The number of fused-ring (bicyclic) bond motifs is 1. The Balaban J connectivity index is 2.03. The Morgan fingerprint density at radius 3 is 2.31 bits per heavy atom. The number of esters is 1. The number of carbonyl (C=O) groups is 2. The molecule has 0 aliphatic carbocycles. The average Bonchev–Trinajstić information content (AvgIpc) is 2.79. The molecular weight excluding hydrogens is 414 g/mol. The zero-order valence-electron chi connectivity index (χ0n) is 18.6. The van der Waals surface area contributed by atoms with Crippen molar-refractivity contribution in [3.05, 3.63) is 57.5 Å². The van der Waals surface area contributed by atoms with Crippen LogP contribution in [0.5, 0.6) is 11.5 Å². The van der Waals surface area contributed by atoms with Crippen molar-refractivity contribution in [2.45, 2.75) is 27.3 Å². The fourth-order valence-corrected chi connectivity index (χ4v) is 3.36. The molecule has 2 aromatic heterocycles. The summed E-state index contributed by atoms with van der Waals surface area (Å²) in [7, 11) is 3.02. The number of pyridine rings is 2. The van der Waals surface area contributed by atoms with Gasteiger partial charge in [-0.05, 0) is 39.0 Å². The summed E-state index contributed by atoms with van der Waals surface area (Å²) in [4.78, 5) is 42.3. The van der Waals surface area contributed by atoms with Crippen LogP contribution in [0.25, 0.3) is 11.0 Å². The molecule has 0 atom stereocenters. The molecule has 0 saturated heterocycles. The Hall–Kier alpha value is -3.88. The third kappa shape index (κ3) is 4.27. The summed E-state index contributed by atoms with van der Waals surface area (Å²) in [6, 6.07) is 4.70. The van der Waals surface area contributed by atoms with Gasteiger partial charge in [-0.1, -0.05) is 0 Å². The van der Waals surface area contributed by atoms with Gasteiger partial charge in [0.15, 0.2) is 0 Å². The number of rotatable bonds is 7. The van der Waals surface area contributed by atoms with E-state index in [4.69, 9.17) is 14.2 Å². The van der Waals surface area contributed by atoms with Crippen molar-refractivity contribution < 1.29 is 23.8 Å². The van der Waals surface area contributed by atoms with Gasteiger partial charge in [-0.25, -0.2) is 9.78 Å². The van der Waals surface area contributed by atoms with Crippen molar-refractivity contribution in [3.8, 4) is 11.5 Å². The Labute approximate surface area is 184 Å². The number of carbonyl (C=O) groups excluding carboxylic acids is 2. The Morgan fingerprint density at radius 1 is 1.09 bits per heavy atom. The minimum atomic E-state index is -0.699. The maximum absolute atomic E-state index is 12.9. The molecule has 1 aromatic carbocycles. The molecule has 0 radical (unpaired) electrons. The zero-order valence-corrected chi connectivity index (χ0v) is 18.6. The van der Waals surface area contributed by atoms with E-state index in [1.165, 1.54) is 32.7 Å². The molecule has 0 aliphatic heterocycles. The molecule has 3 rings (SSSR count). The molecule has 2 heterocycles. The molecule has 32 heavy (non-hydrogen) atoms. The van der Waals surface area contributed by atoms with Gasteiger partial charge >= 0.3 is 5.97 Å². The van der Waals surface area contributed by atoms with E-state index in [0.29, 0.717) is 34.9 Å². The van der Waals surface area contributed by atoms with Crippen molar-refractivity contribution in [1.29, 1.82) is 0 Å². The van der Waals surface area contributed by atoms with E-state index >= 15 is 0 Å². The van der Waals surface area contributed by atoms with Gasteiger partial charge in [0.1, 0.15) is 22.7 Å². The fraction of sp³-hybridized carbons (Fsp3) is 0.304. The summed E-state index contributed by atoms with van der Waals surface area (Å²) in [6.07, 6.45) is 2.90. The van der Waals surface area contributed by atoms with Gasteiger partial charge in [-0.15, -0.1) is 0 Å². The van der Waals surface area contributed by atoms with E-state index in [9.17, 15) is 14.4 Å². The highest BCUT2D eigenvalue weighted by Crippen LogP contribution is 2.30. The smallest absolute Gasteiger partial charge is 0.343 e. The minimum absolute atomic E-state index is 0.0838. The van der Waals surface area contributed by atoms with Crippen LogP contribution in [-0.2, 0) is 11.3 Å². The largest absolute Gasteiger partial charge is 0.496 e. The number of benzene rings is 1. The van der Waals surface area contributed by atoms with Crippen molar-refractivity contribution in [2.75, 3.05) is 26.1 Å². The first kappa shape index (κ1) is 22.8. The molecule has 168 valence electrons. The molecule has 0 fully saturated rings. The fourth-order valence-electron chi connectivity index (χ4n) is 3.36. The molecule has 0 unspecified atom stereocenters. The van der Waals surface area contributed by atoms with E-state index in [1.807, 2.05) is 13.8 Å². The van der Waals surface area contributed by atoms with Gasteiger partial charge in [0.05, 0.1) is 38.1 Å². The summed E-state index contributed by atoms with van der Waals surface area (Å²) < 4.78 is 17.3. The first-order valence-corrected chi connectivity index (χ1v) is 10.1. The van der Waals surface area contributed by atoms with Crippen LogP contribution in [0, 0.1) is 6.92 Å². The lowest BCUT2D eigenvalue weighted by molar-refractivity contribution is 0.0524. The zero-order chi connectivity index (χ0) is 23.4.